The van der Waals surface area contributed by atoms with Crippen LogP contribution < -0.4 is 10.2 Å². The van der Waals surface area contributed by atoms with Gasteiger partial charge in [0.25, 0.3) is 5.91 Å². The van der Waals surface area contributed by atoms with Gasteiger partial charge < -0.3 is 15.1 Å². The van der Waals surface area contributed by atoms with E-state index in [1.54, 1.807) is 0 Å². The quantitative estimate of drug-likeness (QED) is 0.585. The van der Waals surface area contributed by atoms with E-state index in [1.807, 2.05) is 36.4 Å². The number of nitrogens with zero attached hydrogens (tertiary/aromatic N) is 2. The predicted molar refractivity (Wildman–Crippen MR) is 127 cm³/mol. The topological polar surface area (TPSA) is 52.7 Å². The van der Waals surface area contributed by atoms with Gasteiger partial charge in [-0.3, -0.25) is 9.59 Å². The van der Waals surface area contributed by atoms with Gasteiger partial charge in [-0.2, -0.15) is 0 Å². The second kappa shape index (κ2) is 9.25. The molecule has 2 heterocycles. The number of hydrogen-bond donors (Lipinski definition) is 1. The summed E-state index contributed by atoms with van der Waals surface area (Å²) in [6.45, 7) is 1.54. The van der Waals surface area contributed by atoms with E-state index in [1.165, 1.54) is 16.5 Å². The van der Waals surface area contributed by atoms with E-state index in [9.17, 15) is 18.4 Å². The molecule has 2 amide bonds. The molecule has 0 spiro atoms. The van der Waals surface area contributed by atoms with Crippen molar-refractivity contribution >= 4 is 28.9 Å². The lowest BCUT2D eigenvalue weighted by molar-refractivity contribution is -0.121. The second-order valence-electron chi connectivity index (χ2n) is 8.73. The smallest absolute Gasteiger partial charge is 0.256 e. The first-order chi connectivity index (χ1) is 16.5. The fraction of sp³-hybridized carbons (Fsp3) is 0.259. The third-order valence-electron chi connectivity index (χ3n) is 6.65. The van der Waals surface area contributed by atoms with Crippen molar-refractivity contribution in [1.82, 2.24) is 4.90 Å². The Balaban J connectivity index is 1.24. The summed E-state index contributed by atoms with van der Waals surface area (Å²) in [5.41, 5.74) is 4.02. The molecule has 3 aromatic rings. The minimum absolute atomic E-state index is 0.0833. The van der Waals surface area contributed by atoms with E-state index < -0.39 is 17.5 Å². The number of amides is 2. The number of rotatable bonds is 4. The minimum atomic E-state index is -0.870. The van der Waals surface area contributed by atoms with Crippen molar-refractivity contribution in [1.29, 1.82) is 0 Å². The molecule has 3 aromatic carbocycles. The molecule has 1 saturated heterocycles. The van der Waals surface area contributed by atoms with Crippen molar-refractivity contribution in [2.75, 3.05) is 29.9 Å². The summed E-state index contributed by atoms with van der Waals surface area (Å²) in [6.07, 6.45) is 1.92. The Kier molecular flexibility index (Phi) is 6.01. The number of benzene rings is 3. The van der Waals surface area contributed by atoms with E-state index in [0.29, 0.717) is 32.0 Å². The van der Waals surface area contributed by atoms with Crippen LogP contribution in [0, 0.1) is 17.6 Å². The van der Waals surface area contributed by atoms with Crippen LogP contribution in [0.15, 0.2) is 66.7 Å². The zero-order valence-corrected chi connectivity index (χ0v) is 18.6. The maximum atomic E-state index is 14.0. The monoisotopic (exact) mass is 461 g/mol. The van der Waals surface area contributed by atoms with Gasteiger partial charge in [-0.15, -0.1) is 0 Å². The largest absolute Gasteiger partial charge is 0.339 e. The van der Waals surface area contributed by atoms with Gasteiger partial charge in [-0.25, -0.2) is 8.78 Å². The number of likely N-dealkylation sites (tertiary alicyclic amines) is 1. The lowest BCUT2D eigenvalue weighted by atomic mass is 9.95. The third-order valence-corrected chi connectivity index (χ3v) is 6.65. The van der Waals surface area contributed by atoms with Crippen LogP contribution in [0.3, 0.4) is 0 Å². The first-order valence-electron chi connectivity index (χ1n) is 11.5. The van der Waals surface area contributed by atoms with Crippen molar-refractivity contribution < 1.29 is 18.4 Å². The van der Waals surface area contributed by atoms with Gasteiger partial charge in [0.1, 0.15) is 11.6 Å². The van der Waals surface area contributed by atoms with Gasteiger partial charge in [-0.1, -0.05) is 30.3 Å². The second-order valence-corrected chi connectivity index (χ2v) is 8.73. The maximum absolute atomic E-state index is 14.0. The number of piperidine rings is 1. The van der Waals surface area contributed by atoms with Crippen molar-refractivity contribution in [2.24, 2.45) is 5.92 Å². The normalized spacial score (nSPS) is 15.8. The SMILES string of the molecule is O=C(Nc1ccccc1N1CCc2ccccc21)C1CCN(C(=O)c2ccc(F)cc2F)CC1. The summed E-state index contributed by atoms with van der Waals surface area (Å²) >= 11 is 0. The van der Waals surface area contributed by atoms with Crippen molar-refractivity contribution in [3.8, 4) is 0 Å². The highest BCUT2D eigenvalue weighted by Crippen LogP contribution is 2.38. The highest BCUT2D eigenvalue weighted by molar-refractivity contribution is 5.97. The number of fused-ring (bicyclic) bond motifs is 1. The standard InChI is InChI=1S/C27H25F2N3O2/c28-20-9-10-21(22(29)17-20)27(34)31-14-11-19(12-15-31)26(33)30-23-6-2-4-8-25(23)32-16-13-18-5-1-3-7-24(18)32/h1-10,17,19H,11-16H2,(H,30,33). The van der Waals surface area contributed by atoms with Crippen LogP contribution in [-0.4, -0.2) is 36.3 Å². The van der Waals surface area contributed by atoms with Crippen LogP contribution in [-0.2, 0) is 11.2 Å². The number of anilines is 3. The van der Waals surface area contributed by atoms with Crippen molar-refractivity contribution in [3.63, 3.8) is 0 Å². The highest BCUT2D eigenvalue weighted by atomic mass is 19.1. The average molecular weight is 462 g/mol. The summed E-state index contributed by atoms with van der Waals surface area (Å²) in [7, 11) is 0. The fourth-order valence-corrected chi connectivity index (χ4v) is 4.82. The first kappa shape index (κ1) is 22.1. The Bertz CT molecular complexity index is 1240. The maximum Gasteiger partial charge on any atom is 0.256 e. The zero-order valence-electron chi connectivity index (χ0n) is 18.6. The summed E-state index contributed by atoms with van der Waals surface area (Å²) in [4.78, 5) is 29.5. The number of hydrogen-bond acceptors (Lipinski definition) is 3. The summed E-state index contributed by atoms with van der Waals surface area (Å²) in [6, 6.07) is 19.0. The summed E-state index contributed by atoms with van der Waals surface area (Å²) < 4.78 is 27.2. The van der Waals surface area contributed by atoms with Crippen LogP contribution in [0.5, 0.6) is 0 Å². The molecule has 1 fully saturated rings. The van der Waals surface area contributed by atoms with Gasteiger partial charge in [0.2, 0.25) is 5.91 Å². The van der Waals surface area contributed by atoms with Gasteiger partial charge in [-0.05, 0) is 55.2 Å². The zero-order chi connectivity index (χ0) is 23.7. The molecule has 0 saturated carbocycles. The lowest BCUT2D eigenvalue weighted by Gasteiger charge is -2.32. The molecule has 174 valence electrons. The Morgan fingerprint density at radius 3 is 2.32 bits per heavy atom. The Morgan fingerprint density at radius 1 is 0.853 bits per heavy atom. The van der Waals surface area contributed by atoms with Crippen LogP contribution in [0.4, 0.5) is 25.8 Å². The van der Waals surface area contributed by atoms with E-state index >= 15 is 0 Å². The molecule has 0 aliphatic carbocycles. The molecule has 0 aromatic heterocycles. The number of para-hydroxylation sites is 3. The molecule has 0 bridgehead atoms. The van der Waals surface area contributed by atoms with Crippen LogP contribution >= 0.6 is 0 Å². The number of nitrogens with one attached hydrogen (secondary N) is 1. The number of carbonyl (C=O) groups is 2. The van der Waals surface area contributed by atoms with Gasteiger partial charge >= 0.3 is 0 Å². The predicted octanol–water partition coefficient (Wildman–Crippen LogP) is 5.15. The molecule has 7 heteroatoms. The molecule has 1 N–H and O–H groups in total. The molecule has 2 aliphatic heterocycles. The number of halogens is 2. The van der Waals surface area contributed by atoms with Crippen molar-refractivity contribution in [2.45, 2.75) is 19.3 Å². The van der Waals surface area contributed by atoms with Crippen molar-refractivity contribution in [3.05, 3.63) is 89.5 Å². The molecule has 0 atom stereocenters. The molecule has 34 heavy (non-hydrogen) atoms. The minimum Gasteiger partial charge on any atom is -0.339 e. The first-order valence-corrected chi connectivity index (χ1v) is 11.5. The number of carbonyl (C=O) groups excluding carboxylic acids is 2. The Morgan fingerprint density at radius 2 is 1.56 bits per heavy atom. The van der Waals surface area contributed by atoms with Gasteiger partial charge in [0, 0.05) is 37.3 Å². The van der Waals surface area contributed by atoms with Crippen LogP contribution in [0.1, 0.15) is 28.8 Å². The molecule has 0 unspecified atom stereocenters. The van der Waals surface area contributed by atoms with Crippen LogP contribution in [0.2, 0.25) is 0 Å². The molecular formula is C27H25F2N3O2. The Hall–Kier alpha value is -3.74. The Labute approximate surface area is 197 Å². The highest BCUT2D eigenvalue weighted by Gasteiger charge is 2.30. The summed E-state index contributed by atoms with van der Waals surface area (Å²) in [5, 5.41) is 3.09. The molecular weight excluding hydrogens is 436 g/mol. The van der Waals surface area contributed by atoms with E-state index in [-0.39, 0.29) is 17.4 Å². The lowest BCUT2D eigenvalue weighted by Crippen LogP contribution is -2.41. The average Bonchev–Trinajstić information content (AvgIpc) is 3.28. The fourth-order valence-electron chi connectivity index (χ4n) is 4.82. The van der Waals surface area contributed by atoms with Gasteiger partial charge in [0.15, 0.2) is 0 Å². The molecule has 5 rings (SSSR count). The van der Waals surface area contributed by atoms with E-state index in [4.69, 9.17) is 0 Å². The van der Waals surface area contributed by atoms with E-state index in [2.05, 4.69) is 22.3 Å². The van der Waals surface area contributed by atoms with E-state index in [0.717, 1.165) is 36.1 Å². The molecule has 0 radical (unpaired) electrons. The molecule has 2 aliphatic rings. The third kappa shape index (κ3) is 4.25. The summed E-state index contributed by atoms with van der Waals surface area (Å²) in [5.74, 6) is -2.40. The van der Waals surface area contributed by atoms with Crippen LogP contribution in [0.25, 0.3) is 0 Å². The molecule has 5 nitrogen and oxygen atoms in total. The van der Waals surface area contributed by atoms with Gasteiger partial charge in [0.05, 0.1) is 16.9 Å².